The van der Waals surface area contributed by atoms with Crippen molar-refractivity contribution < 1.29 is 28.7 Å². The summed E-state index contributed by atoms with van der Waals surface area (Å²) in [4.78, 5) is 43.7. The number of ether oxygens (including phenoxy) is 2. The van der Waals surface area contributed by atoms with Gasteiger partial charge in [-0.25, -0.2) is 0 Å². The molecule has 18 heavy (non-hydrogen) atoms. The minimum atomic E-state index is -0.699. The third-order valence-corrected chi connectivity index (χ3v) is 1.93. The minimum Gasteiger partial charge on any atom is -0.462 e. The number of nitrogens with one attached hydrogen (secondary N) is 1. The van der Waals surface area contributed by atoms with Crippen LogP contribution < -0.4 is 5.32 Å². The lowest BCUT2D eigenvalue weighted by Crippen LogP contribution is -2.23. The Labute approximate surface area is 105 Å². The molecule has 0 atom stereocenters. The third-order valence-electron chi connectivity index (χ3n) is 1.93. The Kier molecular flexibility index (Phi) is 8.17. The lowest BCUT2D eigenvalue weighted by molar-refractivity contribution is -0.154. The highest BCUT2D eigenvalue weighted by Crippen LogP contribution is 1.93. The lowest BCUT2D eigenvalue weighted by Gasteiger charge is -2.05. The van der Waals surface area contributed by atoms with E-state index in [9.17, 15) is 19.2 Å². The van der Waals surface area contributed by atoms with Gasteiger partial charge in [0.05, 0.1) is 0 Å². The number of hydrogen-bond acceptors (Lipinski definition) is 6. The highest BCUT2D eigenvalue weighted by Gasteiger charge is 2.11. The number of Topliss-reactive ketones (excluding diaryl/α,β-unsaturated/α-hetero) is 1. The summed E-state index contributed by atoms with van der Waals surface area (Å²) in [5.41, 5.74) is 0. The van der Waals surface area contributed by atoms with Crippen molar-refractivity contribution in [3.63, 3.8) is 0 Å². The van der Waals surface area contributed by atoms with E-state index in [2.05, 4.69) is 14.8 Å². The molecule has 0 aromatic carbocycles. The number of esters is 2. The van der Waals surface area contributed by atoms with Crippen LogP contribution in [0.4, 0.5) is 0 Å². The second-order valence-electron chi connectivity index (χ2n) is 3.36. The van der Waals surface area contributed by atoms with E-state index in [1.54, 1.807) is 6.92 Å². The van der Waals surface area contributed by atoms with E-state index in [0.29, 0.717) is 0 Å². The zero-order valence-electron chi connectivity index (χ0n) is 10.5. The lowest BCUT2D eigenvalue weighted by atomic mass is 10.2. The molecular weight excluding hydrogens is 242 g/mol. The first-order valence-electron chi connectivity index (χ1n) is 5.53. The van der Waals surface area contributed by atoms with E-state index >= 15 is 0 Å². The van der Waals surface area contributed by atoms with E-state index in [1.807, 2.05) is 0 Å². The summed E-state index contributed by atoms with van der Waals surface area (Å²) in [5.74, 6) is -2.01. The monoisotopic (exact) mass is 259 g/mol. The van der Waals surface area contributed by atoms with Crippen molar-refractivity contribution in [2.45, 2.75) is 26.2 Å². The smallest absolute Gasteiger partial charge is 0.315 e. The summed E-state index contributed by atoms with van der Waals surface area (Å²) in [6.45, 7) is 1.38. The van der Waals surface area contributed by atoms with Crippen LogP contribution in [0.25, 0.3) is 0 Å². The van der Waals surface area contributed by atoms with E-state index in [4.69, 9.17) is 0 Å². The molecule has 0 unspecified atom stereocenters. The quantitative estimate of drug-likeness (QED) is 0.361. The van der Waals surface area contributed by atoms with Gasteiger partial charge in [0.25, 0.3) is 0 Å². The molecule has 0 rings (SSSR count). The molecule has 0 saturated heterocycles. The third kappa shape index (κ3) is 8.26. The van der Waals surface area contributed by atoms with Crippen molar-refractivity contribution in [3.8, 4) is 0 Å². The molecule has 0 heterocycles. The summed E-state index contributed by atoms with van der Waals surface area (Å²) in [6, 6.07) is 0. The first kappa shape index (κ1) is 16.1. The first-order valence-corrected chi connectivity index (χ1v) is 5.53. The molecule has 0 aliphatic rings. The molecule has 7 nitrogen and oxygen atoms in total. The summed E-state index contributed by atoms with van der Waals surface area (Å²) in [6.07, 6.45) is -0.377. The maximum Gasteiger partial charge on any atom is 0.315 e. The zero-order valence-corrected chi connectivity index (χ0v) is 10.5. The average Bonchev–Trinajstić information content (AvgIpc) is 2.34. The Morgan fingerprint density at radius 3 is 1.89 bits per heavy atom. The molecule has 0 aromatic rings. The number of carbonyl (C=O) groups excluding carboxylic acids is 4. The topological polar surface area (TPSA) is 98.8 Å². The Hall–Kier alpha value is -1.92. The highest BCUT2D eigenvalue weighted by atomic mass is 16.6. The van der Waals surface area contributed by atoms with Gasteiger partial charge in [0.2, 0.25) is 5.91 Å². The van der Waals surface area contributed by atoms with E-state index in [1.165, 1.54) is 7.05 Å². The molecule has 0 spiro atoms. The molecule has 0 aromatic heterocycles. The summed E-state index contributed by atoms with van der Waals surface area (Å²) in [5, 5.41) is 2.27. The molecular formula is C11H17NO6. The van der Waals surface area contributed by atoms with Crippen molar-refractivity contribution in [3.05, 3.63) is 0 Å². The fourth-order valence-electron chi connectivity index (χ4n) is 0.919. The SMILES string of the molecule is CCC(=O)CC(=O)OCCOC(=O)CC(=O)NC. The van der Waals surface area contributed by atoms with Crippen LogP contribution in [0.3, 0.4) is 0 Å². The van der Waals surface area contributed by atoms with Crippen LogP contribution in [-0.4, -0.2) is 43.9 Å². The summed E-state index contributed by atoms with van der Waals surface area (Å²) < 4.78 is 9.29. The van der Waals surface area contributed by atoms with Crippen molar-refractivity contribution in [2.75, 3.05) is 20.3 Å². The maximum absolute atomic E-state index is 11.0. The van der Waals surface area contributed by atoms with Crippen LogP contribution in [0.5, 0.6) is 0 Å². The van der Waals surface area contributed by atoms with Crippen LogP contribution >= 0.6 is 0 Å². The highest BCUT2D eigenvalue weighted by molar-refractivity contribution is 5.95. The van der Waals surface area contributed by atoms with Gasteiger partial charge in [-0.3, -0.25) is 19.2 Å². The molecule has 102 valence electrons. The van der Waals surface area contributed by atoms with Crippen LogP contribution in [-0.2, 0) is 28.7 Å². The Bertz CT molecular complexity index is 293. The Morgan fingerprint density at radius 1 is 0.944 bits per heavy atom. The van der Waals surface area contributed by atoms with Gasteiger partial charge in [-0.2, -0.15) is 0 Å². The summed E-state index contributed by atoms with van der Waals surface area (Å²) >= 11 is 0. The molecule has 0 bridgehead atoms. The normalized spacial score (nSPS) is 9.44. The predicted molar refractivity (Wildman–Crippen MR) is 60.5 cm³/mol. The fraction of sp³-hybridized carbons (Fsp3) is 0.636. The van der Waals surface area contributed by atoms with Gasteiger partial charge in [0.1, 0.15) is 31.8 Å². The Morgan fingerprint density at radius 2 is 1.44 bits per heavy atom. The van der Waals surface area contributed by atoms with E-state index in [0.717, 1.165) is 0 Å². The van der Waals surface area contributed by atoms with Gasteiger partial charge in [-0.05, 0) is 0 Å². The van der Waals surface area contributed by atoms with Crippen LogP contribution in [0.2, 0.25) is 0 Å². The molecule has 1 amide bonds. The molecule has 0 saturated carbocycles. The number of hydrogen-bond donors (Lipinski definition) is 1. The van der Waals surface area contributed by atoms with E-state index < -0.39 is 17.8 Å². The predicted octanol–water partition coefficient (Wildman–Crippen LogP) is -0.422. The molecule has 1 N–H and O–H groups in total. The molecule has 0 aliphatic carbocycles. The van der Waals surface area contributed by atoms with Gasteiger partial charge < -0.3 is 14.8 Å². The number of ketones is 1. The van der Waals surface area contributed by atoms with Gasteiger partial charge >= 0.3 is 11.9 Å². The molecule has 7 heteroatoms. The van der Waals surface area contributed by atoms with Gasteiger partial charge in [-0.15, -0.1) is 0 Å². The zero-order chi connectivity index (χ0) is 14.0. The standard InChI is InChI=1S/C11H17NO6/c1-3-8(13)6-10(15)17-4-5-18-11(16)7-9(14)12-2/h3-7H2,1-2H3,(H,12,14). The second kappa shape index (κ2) is 9.15. The van der Waals surface area contributed by atoms with Crippen LogP contribution in [0.15, 0.2) is 0 Å². The average molecular weight is 259 g/mol. The van der Waals surface area contributed by atoms with Crippen molar-refractivity contribution in [1.82, 2.24) is 5.32 Å². The molecule has 0 radical (unpaired) electrons. The maximum atomic E-state index is 11.0. The second-order valence-corrected chi connectivity index (χ2v) is 3.36. The Balaban J connectivity index is 3.61. The minimum absolute atomic E-state index is 0.130. The fourth-order valence-corrected chi connectivity index (χ4v) is 0.919. The van der Waals surface area contributed by atoms with Crippen molar-refractivity contribution >= 4 is 23.6 Å². The van der Waals surface area contributed by atoms with Crippen LogP contribution in [0.1, 0.15) is 26.2 Å². The molecule has 0 aliphatic heterocycles. The largest absolute Gasteiger partial charge is 0.462 e. The molecule has 0 fully saturated rings. The first-order chi connectivity index (χ1) is 8.49. The number of amides is 1. The summed E-state index contributed by atoms with van der Waals surface area (Å²) in [7, 11) is 1.40. The van der Waals surface area contributed by atoms with Crippen molar-refractivity contribution in [1.29, 1.82) is 0 Å². The number of carbonyl (C=O) groups is 4. The van der Waals surface area contributed by atoms with Gasteiger partial charge in [-0.1, -0.05) is 6.92 Å². The van der Waals surface area contributed by atoms with Crippen molar-refractivity contribution in [2.24, 2.45) is 0 Å². The van der Waals surface area contributed by atoms with Crippen LogP contribution in [0, 0.1) is 0 Å². The van der Waals surface area contributed by atoms with E-state index in [-0.39, 0.29) is 38.3 Å². The van der Waals surface area contributed by atoms with Gasteiger partial charge in [0.15, 0.2) is 0 Å². The number of rotatable bonds is 8. The van der Waals surface area contributed by atoms with Gasteiger partial charge in [0, 0.05) is 13.5 Å².